The smallest absolute Gasteiger partial charge is 0.256 e. The Morgan fingerprint density at radius 1 is 1.05 bits per heavy atom. The number of rotatable bonds is 1. The minimum Gasteiger partial charge on any atom is -0.256 e. The third-order valence-electron chi connectivity index (χ3n) is 2.74. The topological polar surface area (TPSA) is 30.7 Å². The van der Waals surface area contributed by atoms with E-state index in [-0.39, 0.29) is 10.4 Å². The highest BCUT2D eigenvalue weighted by molar-refractivity contribution is 5.82. The first-order chi connectivity index (χ1) is 9.04. The number of benzene rings is 1. The standard InChI is InChI=1S/C13H8F3N3/c14-13(15,16)19-6-5-12(18-19)10-7-9-3-1-2-4-11(9)17-8-10/h1-8H. The van der Waals surface area contributed by atoms with Crippen LogP contribution in [0.3, 0.4) is 0 Å². The molecular formula is C13H8F3N3. The predicted molar refractivity (Wildman–Crippen MR) is 64.3 cm³/mol. The quantitative estimate of drug-likeness (QED) is 0.672. The van der Waals surface area contributed by atoms with Crippen LogP contribution in [0.15, 0.2) is 48.8 Å². The predicted octanol–water partition coefficient (Wildman–Crippen LogP) is 3.57. The second kappa shape index (κ2) is 4.08. The van der Waals surface area contributed by atoms with Crippen LogP contribution < -0.4 is 0 Å². The fraction of sp³-hybridized carbons (Fsp3) is 0.0769. The van der Waals surface area contributed by atoms with Gasteiger partial charge < -0.3 is 0 Å². The van der Waals surface area contributed by atoms with Crippen LogP contribution >= 0.6 is 0 Å². The summed E-state index contributed by atoms with van der Waals surface area (Å²) in [5, 5.41) is 4.37. The molecule has 2 heterocycles. The van der Waals surface area contributed by atoms with Crippen molar-refractivity contribution in [2.45, 2.75) is 6.30 Å². The van der Waals surface area contributed by atoms with Crippen LogP contribution in [0.4, 0.5) is 13.2 Å². The third-order valence-corrected chi connectivity index (χ3v) is 2.74. The summed E-state index contributed by atoms with van der Waals surface area (Å²) in [6, 6.07) is 10.5. The van der Waals surface area contributed by atoms with E-state index in [2.05, 4.69) is 10.1 Å². The van der Waals surface area contributed by atoms with E-state index in [9.17, 15) is 13.2 Å². The average molecular weight is 263 g/mol. The normalized spacial score (nSPS) is 11.9. The van der Waals surface area contributed by atoms with Crippen molar-refractivity contribution in [3.8, 4) is 11.3 Å². The van der Waals surface area contributed by atoms with E-state index in [1.54, 1.807) is 6.07 Å². The van der Waals surface area contributed by atoms with Gasteiger partial charge in [0.1, 0.15) is 0 Å². The van der Waals surface area contributed by atoms with Crippen molar-refractivity contribution in [1.29, 1.82) is 0 Å². The zero-order chi connectivity index (χ0) is 13.5. The molecule has 1 aromatic carbocycles. The van der Waals surface area contributed by atoms with E-state index in [0.717, 1.165) is 17.1 Å². The molecule has 0 aliphatic heterocycles. The minimum atomic E-state index is -4.50. The lowest BCUT2D eigenvalue weighted by Crippen LogP contribution is -2.16. The molecule has 0 radical (unpaired) electrons. The number of halogens is 3. The molecule has 96 valence electrons. The van der Waals surface area contributed by atoms with Crippen molar-refractivity contribution in [3.63, 3.8) is 0 Å². The maximum atomic E-state index is 12.5. The van der Waals surface area contributed by atoms with Gasteiger partial charge in [-0.2, -0.15) is 9.78 Å². The molecule has 0 fully saturated rings. The summed E-state index contributed by atoms with van der Waals surface area (Å²) < 4.78 is 37.3. The number of hydrogen-bond acceptors (Lipinski definition) is 2. The Kier molecular flexibility index (Phi) is 2.51. The van der Waals surface area contributed by atoms with Gasteiger partial charge in [-0.3, -0.25) is 4.98 Å². The summed E-state index contributed by atoms with van der Waals surface area (Å²) in [4.78, 5) is 4.20. The zero-order valence-corrected chi connectivity index (χ0v) is 9.59. The summed E-state index contributed by atoms with van der Waals surface area (Å²) in [6.07, 6.45) is -2.08. The van der Waals surface area contributed by atoms with Gasteiger partial charge in [0.25, 0.3) is 0 Å². The summed E-state index contributed by atoms with van der Waals surface area (Å²) in [6.45, 7) is 0. The number of pyridine rings is 1. The Balaban J connectivity index is 2.07. The molecule has 6 heteroatoms. The van der Waals surface area contributed by atoms with Gasteiger partial charge in [0.15, 0.2) is 0 Å². The van der Waals surface area contributed by atoms with Crippen molar-refractivity contribution in [2.75, 3.05) is 0 Å². The van der Waals surface area contributed by atoms with Crippen LogP contribution in [0.2, 0.25) is 0 Å². The van der Waals surface area contributed by atoms with Crippen molar-refractivity contribution in [1.82, 2.24) is 14.8 Å². The van der Waals surface area contributed by atoms with Gasteiger partial charge in [-0.1, -0.05) is 18.2 Å². The largest absolute Gasteiger partial charge is 0.504 e. The molecule has 0 aliphatic carbocycles. The Morgan fingerprint density at radius 3 is 2.58 bits per heavy atom. The first-order valence-electron chi connectivity index (χ1n) is 5.52. The molecule has 0 aliphatic rings. The van der Waals surface area contributed by atoms with E-state index in [1.165, 1.54) is 12.3 Å². The van der Waals surface area contributed by atoms with Crippen LogP contribution in [0.5, 0.6) is 0 Å². The number of hydrogen-bond donors (Lipinski definition) is 0. The molecule has 0 saturated heterocycles. The molecule has 0 atom stereocenters. The number of alkyl halides is 3. The number of aromatic nitrogens is 3. The molecule has 0 N–H and O–H groups in total. The summed E-state index contributed by atoms with van der Waals surface area (Å²) in [5.74, 6) is 0. The molecule has 2 aromatic heterocycles. The zero-order valence-electron chi connectivity index (χ0n) is 9.59. The Hall–Kier alpha value is -2.37. The lowest BCUT2D eigenvalue weighted by atomic mass is 10.1. The van der Waals surface area contributed by atoms with Gasteiger partial charge in [-0.15, -0.1) is 13.2 Å². The number of fused-ring (bicyclic) bond motifs is 1. The van der Waals surface area contributed by atoms with Crippen LogP contribution in [0.25, 0.3) is 22.2 Å². The molecule has 0 bridgehead atoms. The molecule has 19 heavy (non-hydrogen) atoms. The van der Waals surface area contributed by atoms with Crippen molar-refractivity contribution >= 4 is 10.9 Å². The van der Waals surface area contributed by atoms with Crippen molar-refractivity contribution < 1.29 is 13.2 Å². The maximum absolute atomic E-state index is 12.5. The molecule has 0 saturated carbocycles. The molecule has 3 nitrogen and oxygen atoms in total. The summed E-state index contributed by atoms with van der Waals surface area (Å²) >= 11 is 0. The van der Waals surface area contributed by atoms with Gasteiger partial charge in [0, 0.05) is 23.3 Å². The molecule has 0 spiro atoms. The second-order valence-electron chi connectivity index (χ2n) is 4.03. The van der Waals surface area contributed by atoms with Gasteiger partial charge in [-0.05, 0) is 18.2 Å². The van der Waals surface area contributed by atoms with Crippen LogP contribution in [0.1, 0.15) is 0 Å². The highest BCUT2D eigenvalue weighted by Gasteiger charge is 2.31. The first-order valence-corrected chi connectivity index (χ1v) is 5.52. The SMILES string of the molecule is FC(F)(F)n1ccc(-c2cnc3ccccc3c2)n1. The molecule has 0 amide bonds. The monoisotopic (exact) mass is 263 g/mol. The van der Waals surface area contributed by atoms with Gasteiger partial charge in [0.05, 0.1) is 11.2 Å². The highest BCUT2D eigenvalue weighted by atomic mass is 19.4. The van der Waals surface area contributed by atoms with Gasteiger partial charge in [0.2, 0.25) is 0 Å². The minimum absolute atomic E-state index is 0.0163. The first kappa shape index (κ1) is 11.7. The molecule has 3 aromatic rings. The van der Waals surface area contributed by atoms with Crippen molar-refractivity contribution in [2.24, 2.45) is 0 Å². The van der Waals surface area contributed by atoms with Crippen molar-refractivity contribution in [3.05, 3.63) is 48.8 Å². The van der Waals surface area contributed by atoms with Gasteiger partial charge in [-0.25, -0.2) is 0 Å². The highest BCUT2D eigenvalue weighted by Crippen LogP contribution is 2.25. The summed E-state index contributed by atoms with van der Waals surface area (Å²) in [5.41, 5.74) is 1.60. The second-order valence-corrected chi connectivity index (χ2v) is 4.03. The van der Waals surface area contributed by atoms with Gasteiger partial charge >= 0.3 is 6.30 Å². The molecule has 3 rings (SSSR count). The Labute approximate surface area is 106 Å². The number of para-hydroxylation sites is 1. The Bertz CT molecular complexity index is 731. The Morgan fingerprint density at radius 2 is 1.84 bits per heavy atom. The third kappa shape index (κ3) is 2.16. The lowest BCUT2D eigenvalue weighted by Gasteiger charge is -2.04. The summed E-state index contributed by atoms with van der Waals surface area (Å²) in [7, 11) is 0. The maximum Gasteiger partial charge on any atom is 0.504 e. The number of nitrogens with zero attached hydrogens (tertiary/aromatic N) is 3. The van der Waals surface area contributed by atoms with E-state index < -0.39 is 6.30 Å². The van der Waals surface area contributed by atoms with E-state index >= 15 is 0 Å². The van der Waals surface area contributed by atoms with E-state index in [1.807, 2.05) is 24.3 Å². The molecule has 0 unspecified atom stereocenters. The molecular weight excluding hydrogens is 255 g/mol. The average Bonchev–Trinajstić information content (AvgIpc) is 2.87. The van der Waals surface area contributed by atoms with E-state index in [0.29, 0.717) is 5.56 Å². The van der Waals surface area contributed by atoms with E-state index in [4.69, 9.17) is 0 Å². The fourth-order valence-electron chi connectivity index (χ4n) is 1.83. The fourth-order valence-corrected chi connectivity index (χ4v) is 1.83. The lowest BCUT2D eigenvalue weighted by molar-refractivity contribution is -0.212. The van der Waals surface area contributed by atoms with Crippen LogP contribution in [-0.2, 0) is 6.30 Å². The van der Waals surface area contributed by atoms with Crippen LogP contribution in [0, 0.1) is 0 Å². The van der Waals surface area contributed by atoms with Crippen LogP contribution in [-0.4, -0.2) is 14.8 Å².